The third-order valence-electron chi connectivity index (χ3n) is 3.95. The van der Waals surface area contributed by atoms with Gasteiger partial charge in [-0.2, -0.15) is 52.3 Å². The molecule has 0 spiro atoms. The standard InChI is InChI=1S/C12H8F18O3S.C2H7N/c13-1(2(14)4(16)6(18)19)3(15)5(17)8(21,22)10(25,26)12(29,30)11(27,28)9(23,24)7(20)34(31,32)33;1-3-2/h1-7H,(H,31,32,33);3H,1-2H3. The quantitative estimate of drug-likeness (QED) is 0.235. The first-order valence-electron chi connectivity index (χ1n) is 8.63. The van der Waals surface area contributed by atoms with Gasteiger partial charge in [-0.05, 0) is 14.1 Å². The molecule has 23 heteroatoms. The van der Waals surface area contributed by atoms with Crippen LogP contribution in [-0.2, 0) is 10.1 Å². The van der Waals surface area contributed by atoms with Gasteiger partial charge in [-0.25, -0.2) is 35.1 Å². The smallest absolute Gasteiger partial charge is 0.323 e. The number of alkyl halides is 18. The third kappa shape index (κ3) is 6.98. The summed E-state index contributed by atoms with van der Waals surface area (Å²) in [6.07, 6.45) is -29.8. The molecule has 0 aromatic heterocycles. The lowest BCUT2D eigenvalue weighted by molar-refractivity contribution is -0.412. The van der Waals surface area contributed by atoms with Crippen LogP contribution in [0.5, 0.6) is 0 Å². The molecule has 0 amide bonds. The summed E-state index contributed by atoms with van der Waals surface area (Å²) in [7, 11) is -3.39. The molecule has 6 atom stereocenters. The van der Waals surface area contributed by atoms with E-state index in [1.165, 1.54) is 0 Å². The van der Waals surface area contributed by atoms with Gasteiger partial charge >= 0.3 is 39.7 Å². The third-order valence-corrected chi connectivity index (χ3v) is 4.77. The van der Waals surface area contributed by atoms with Crippen LogP contribution in [0.3, 0.4) is 0 Å². The molecule has 0 aliphatic heterocycles. The summed E-state index contributed by atoms with van der Waals surface area (Å²) in [5.41, 5.74) is -5.89. The average molecular weight is 619 g/mol. The van der Waals surface area contributed by atoms with E-state index in [1.807, 2.05) is 14.1 Å². The first kappa shape index (κ1) is 37.8. The lowest BCUT2D eigenvalue weighted by Crippen LogP contribution is -2.71. The van der Waals surface area contributed by atoms with E-state index >= 15 is 0 Å². The fraction of sp³-hybridized carbons (Fsp3) is 1.00. The SMILES string of the molecule is CNC.O=S(=O)(O)C(F)C(F)(F)C(F)(F)C(F)(F)C(F)(F)C(F)(F)C(F)C(F)C(F)C(F)C(F)C(F)F. The molecule has 2 N–H and O–H groups in total. The van der Waals surface area contributed by atoms with Crippen molar-refractivity contribution in [1.82, 2.24) is 5.32 Å². The second-order valence-electron chi connectivity index (χ2n) is 6.81. The Balaban J connectivity index is 0. The number of rotatable bonds is 12. The van der Waals surface area contributed by atoms with Crippen LogP contribution in [0, 0.1) is 0 Å². The summed E-state index contributed by atoms with van der Waals surface area (Å²) in [5.74, 6) is -40.5. The number of hydrogen-bond donors (Lipinski definition) is 2. The molecular weight excluding hydrogens is 604 g/mol. The van der Waals surface area contributed by atoms with Gasteiger partial charge in [0.2, 0.25) is 6.17 Å². The zero-order valence-corrected chi connectivity index (χ0v) is 18.3. The highest BCUT2D eigenvalue weighted by Gasteiger charge is 2.89. The number of hydrogen-bond acceptors (Lipinski definition) is 3. The Morgan fingerprint density at radius 1 is 0.568 bits per heavy atom. The fourth-order valence-corrected chi connectivity index (χ4v) is 2.49. The molecule has 37 heavy (non-hydrogen) atoms. The van der Waals surface area contributed by atoms with Gasteiger partial charge in [-0.15, -0.1) is 0 Å². The largest absolute Gasteiger partial charge is 0.384 e. The average Bonchev–Trinajstić information content (AvgIpc) is 2.74. The highest BCUT2D eigenvalue weighted by Crippen LogP contribution is 2.59. The zero-order valence-electron chi connectivity index (χ0n) is 17.5. The van der Waals surface area contributed by atoms with Crippen molar-refractivity contribution in [2.75, 3.05) is 14.1 Å². The van der Waals surface area contributed by atoms with Crippen LogP contribution >= 0.6 is 0 Å². The van der Waals surface area contributed by atoms with Crippen LogP contribution in [0.4, 0.5) is 79.0 Å². The first-order chi connectivity index (χ1) is 16.1. The molecule has 0 aliphatic rings. The first-order valence-corrected chi connectivity index (χ1v) is 10.1. The van der Waals surface area contributed by atoms with Crippen LogP contribution < -0.4 is 5.32 Å². The van der Waals surface area contributed by atoms with Crippen molar-refractivity contribution in [2.24, 2.45) is 0 Å². The molecule has 0 aromatic rings. The van der Waals surface area contributed by atoms with E-state index in [-0.39, 0.29) is 0 Å². The van der Waals surface area contributed by atoms with Gasteiger partial charge in [0, 0.05) is 0 Å². The van der Waals surface area contributed by atoms with Gasteiger partial charge < -0.3 is 5.32 Å². The van der Waals surface area contributed by atoms with Gasteiger partial charge in [0.15, 0.2) is 24.7 Å². The van der Waals surface area contributed by atoms with E-state index < -0.39 is 82.5 Å². The maximum atomic E-state index is 13.5. The molecular formula is C14H15F18NO3S. The summed E-state index contributed by atoms with van der Waals surface area (Å²) >= 11 is 0. The second-order valence-corrected chi connectivity index (χ2v) is 8.26. The Kier molecular flexibility index (Phi) is 12.5. The van der Waals surface area contributed by atoms with Crippen molar-refractivity contribution >= 4 is 10.1 Å². The van der Waals surface area contributed by atoms with Crippen molar-refractivity contribution in [2.45, 2.75) is 72.4 Å². The van der Waals surface area contributed by atoms with Crippen LogP contribution in [0.1, 0.15) is 0 Å². The highest BCUT2D eigenvalue weighted by molar-refractivity contribution is 7.86. The highest BCUT2D eigenvalue weighted by atomic mass is 32.2. The van der Waals surface area contributed by atoms with E-state index in [1.54, 1.807) is 0 Å². The van der Waals surface area contributed by atoms with Gasteiger partial charge in [0.25, 0.3) is 11.9 Å². The maximum absolute atomic E-state index is 13.5. The predicted molar refractivity (Wildman–Crippen MR) is 86.6 cm³/mol. The molecule has 0 aliphatic carbocycles. The van der Waals surface area contributed by atoms with Crippen molar-refractivity contribution in [3.8, 4) is 0 Å². The van der Waals surface area contributed by atoms with E-state index in [0.29, 0.717) is 0 Å². The van der Waals surface area contributed by atoms with E-state index in [2.05, 4.69) is 5.32 Å². The van der Waals surface area contributed by atoms with Crippen molar-refractivity contribution in [3.05, 3.63) is 0 Å². The summed E-state index contributed by atoms with van der Waals surface area (Å²) in [6, 6.07) is 0. The number of halogens is 18. The molecule has 4 nitrogen and oxygen atoms in total. The van der Waals surface area contributed by atoms with E-state index in [0.717, 1.165) is 0 Å². The minimum atomic E-state index is -8.46. The Labute approximate surface area is 195 Å². The van der Waals surface area contributed by atoms with Crippen LogP contribution in [0.2, 0.25) is 0 Å². The van der Waals surface area contributed by atoms with Crippen LogP contribution in [0.15, 0.2) is 0 Å². The van der Waals surface area contributed by atoms with Gasteiger partial charge in [-0.3, -0.25) is 4.55 Å². The summed E-state index contributed by atoms with van der Waals surface area (Å²) in [6.45, 7) is 0. The van der Waals surface area contributed by atoms with Gasteiger partial charge in [-0.1, -0.05) is 0 Å². The molecule has 0 saturated carbocycles. The molecule has 0 rings (SSSR count). The van der Waals surface area contributed by atoms with Gasteiger partial charge in [0.1, 0.15) is 0 Å². The van der Waals surface area contributed by atoms with Crippen molar-refractivity contribution in [1.29, 1.82) is 0 Å². The lowest BCUT2D eigenvalue weighted by atomic mass is 9.89. The molecule has 0 radical (unpaired) electrons. The summed E-state index contributed by atoms with van der Waals surface area (Å²) < 4.78 is 264. The minimum Gasteiger partial charge on any atom is -0.323 e. The Hall–Kier alpha value is -1.39. The molecule has 0 aromatic carbocycles. The normalized spacial score (nSPS) is 19.4. The van der Waals surface area contributed by atoms with Crippen molar-refractivity contribution < 1.29 is 92.0 Å². The topological polar surface area (TPSA) is 66.4 Å². The predicted octanol–water partition coefficient (Wildman–Crippen LogP) is 5.14. The minimum absolute atomic E-state index is 1.88. The molecule has 0 heterocycles. The number of nitrogens with one attached hydrogen (secondary N) is 1. The van der Waals surface area contributed by atoms with Crippen LogP contribution in [0.25, 0.3) is 0 Å². The zero-order chi connectivity index (χ0) is 30.7. The molecule has 0 fully saturated rings. The molecule has 0 bridgehead atoms. The monoisotopic (exact) mass is 619 g/mol. The summed E-state index contributed by atoms with van der Waals surface area (Å²) in [4.78, 5) is 0. The van der Waals surface area contributed by atoms with E-state index in [4.69, 9.17) is 4.55 Å². The fourth-order valence-electron chi connectivity index (χ4n) is 1.97. The Bertz CT molecular complexity index is 824. The maximum Gasteiger partial charge on any atom is 0.384 e. The van der Waals surface area contributed by atoms with Crippen LogP contribution in [-0.4, -0.2) is 99.5 Å². The molecule has 6 unspecified atom stereocenters. The van der Waals surface area contributed by atoms with Crippen molar-refractivity contribution in [3.63, 3.8) is 0 Å². The van der Waals surface area contributed by atoms with E-state index in [9.17, 15) is 87.4 Å². The molecule has 0 saturated heterocycles. The Morgan fingerprint density at radius 2 is 0.865 bits per heavy atom. The molecule has 226 valence electrons. The second kappa shape index (κ2) is 12.2. The lowest BCUT2D eigenvalue weighted by Gasteiger charge is -2.41. The van der Waals surface area contributed by atoms with Gasteiger partial charge in [0.05, 0.1) is 0 Å². The Morgan fingerprint density at radius 3 is 1.16 bits per heavy atom. The summed E-state index contributed by atoms with van der Waals surface area (Å²) in [5, 5.41) is 2.75.